The zero-order chi connectivity index (χ0) is 17.9. The summed E-state index contributed by atoms with van der Waals surface area (Å²) in [6.07, 6.45) is -3.57. The van der Waals surface area contributed by atoms with Gasteiger partial charge in [-0.25, -0.2) is 10.2 Å². The van der Waals surface area contributed by atoms with E-state index in [0.717, 1.165) is 18.9 Å². The van der Waals surface area contributed by atoms with Gasteiger partial charge in [-0.05, 0) is 30.9 Å². The Labute approximate surface area is 145 Å². The number of carbonyl (C=O) groups is 1. The Morgan fingerprint density at radius 2 is 2.08 bits per heavy atom. The number of nitrogens with zero attached hydrogens (tertiary/aromatic N) is 1. The maximum Gasteiger partial charge on any atom is 0.428 e. The van der Waals surface area contributed by atoms with Crippen LogP contribution in [0.2, 0.25) is 0 Å². The Kier molecular flexibility index (Phi) is 5.12. The lowest BCUT2D eigenvalue weighted by molar-refractivity contribution is -0.137. The number of ether oxygens (including phenoxy) is 2. The number of anilines is 1. The van der Waals surface area contributed by atoms with E-state index in [1.165, 1.54) is 12.1 Å². The lowest BCUT2D eigenvalue weighted by Gasteiger charge is -2.24. The summed E-state index contributed by atoms with van der Waals surface area (Å²) in [7, 11) is 0. The monoisotopic (exact) mass is 361 g/mol. The van der Waals surface area contributed by atoms with E-state index in [1.807, 2.05) is 0 Å². The largest absolute Gasteiger partial charge is 0.442 e. The van der Waals surface area contributed by atoms with E-state index in [2.05, 4.69) is 15.8 Å². The van der Waals surface area contributed by atoms with Gasteiger partial charge in [0, 0.05) is 33.9 Å². The number of alkyl halides is 3. The van der Waals surface area contributed by atoms with Crippen molar-refractivity contribution in [1.82, 2.24) is 5.43 Å². The molecule has 0 atom stereocenters. The van der Waals surface area contributed by atoms with Gasteiger partial charge >= 0.3 is 12.3 Å². The third-order valence-corrected chi connectivity index (χ3v) is 4.20. The lowest BCUT2D eigenvalue weighted by atomic mass is 9.99. The molecular formula is C16H22F3N3O3. The van der Waals surface area contributed by atoms with Crippen LogP contribution >= 0.6 is 0 Å². The number of hydrazone groups is 1. The van der Waals surface area contributed by atoms with Crippen molar-refractivity contribution in [3.05, 3.63) is 29.3 Å². The summed E-state index contributed by atoms with van der Waals surface area (Å²) in [5.74, 6) is 0.292. The number of halogens is 3. The van der Waals surface area contributed by atoms with Gasteiger partial charge in [-0.15, -0.1) is 0 Å². The van der Waals surface area contributed by atoms with Gasteiger partial charge in [0.15, 0.2) is 0 Å². The fourth-order valence-corrected chi connectivity index (χ4v) is 2.78. The highest BCUT2D eigenvalue weighted by atomic mass is 19.4. The van der Waals surface area contributed by atoms with E-state index in [0.29, 0.717) is 25.7 Å². The van der Waals surface area contributed by atoms with Gasteiger partial charge < -0.3 is 14.8 Å². The maximum atomic E-state index is 13.4. The number of nitrogens with one attached hydrogen (secondary N) is 2. The van der Waals surface area contributed by atoms with Crippen LogP contribution in [0.1, 0.15) is 26.8 Å². The van der Waals surface area contributed by atoms with Crippen LogP contribution in [0.3, 0.4) is 0 Å². The summed E-state index contributed by atoms with van der Waals surface area (Å²) in [5, 5.41) is 6.65. The minimum atomic E-state index is -4.51. The van der Waals surface area contributed by atoms with Gasteiger partial charge in [-0.3, -0.25) is 0 Å². The quantitative estimate of drug-likeness (QED) is 0.861. The van der Waals surface area contributed by atoms with Gasteiger partial charge in [0.05, 0.1) is 5.56 Å². The van der Waals surface area contributed by atoms with E-state index < -0.39 is 17.8 Å². The van der Waals surface area contributed by atoms with Gasteiger partial charge in [0.1, 0.15) is 12.3 Å². The van der Waals surface area contributed by atoms with Crippen molar-refractivity contribution in [1.29, 1.82) is 0 Å². The van der Waals surface area contributed by atoms with Crippen LogP contribution in [0.15, 0.2) is 23.3 Å². The summed E-state index contributed by atoms with van der Waals surface area (Å²) in [5.41, 5.74) is 1.85. The Morgan fingerprint density at radius 1 is 1.32 bits per heavy atom. The van der Waals surface area contributed by atoms with Crippen LogP contribution < -0.4 is 10.7 Å². The Bertz CT molecular complexity index is 681. The lowest BCUT2D eigenvalue weighted by Crippen LogP contribution is -2.31. The first-order valence-corrected chi connectivity index (χ1v) is 7.96. The fourth-order valence-electron chi connectivity index (χ4n) is 2.78. The Morgan fingerprint density at radius 3 is 2.72 bits per heavy atom. The predicted octanol–water partition coefficient (Wildman–Crippen LogP) is 3.48. The van der Waals surface area contributed by atoms with E-state index in [-0.39, 0.29) is 26.4 Å². The summed E-state index contributed by atoms with van der Waals surface area (Å²) >= 11 is 0. The molecule has 140 valence electrons. The van der Waals surface area contributed by atoms with E-state index in [4.69, 9.17) is 9.47 Å². The topological polar surface area (TPSA) is 72.0 Å². The first-order valence-electron chi connectivity index (χ1n) is 7.96. The standard InChI is InChI=1S/C16H18F3N3O3.2H2/c17-16(18,19)12-7-11(14-9-25-15(23)22-21-14)1-2-13(12)20-8-10-3-5-24-6-4-10;;/h1-2,7,10,20H,3-6,8-9H2,(H,22,23);2*1H. The number of carbonyl (C=O) groups excluding carboxylic acids is 1. The zero-order valence-corrected chi connectivity index (χ0v) is 13.4. The van der Waals surface area contributed by atoms with Crippen LogP contribution in [-0.4, -0.2) is 38.2 Å². The molecule has 1 aromatic rings. The van der Waals surface area contributed by atoms with Crippen molar-refractivity contribution in [3.63, 3.8) is 0 Å². The van der Waals surface area contributed by atoms with E-state index in [1.54, 1.807) is 0 Å². The van der Waals surface area contributed by atoms with Crippen molar-refractivity contribution < 1.29 is 30.3 Å². The highest BCUT2D eigenvalue weighted by Crippen LogP contribution is 2.36. The first-order chi connectivity index (χ1) is 11.9. The third kappa shape index (κ3) is 4.41. The highest BCUT2D eigenvalue weighted by molar-refractivity contribution is 6.04. The molecule has 0 aliphatic carbocycles. The van der Waals surface area contributed by atoms with Crippen LogP contribution in [-0.2, 0) is 15.7 Å². The summed E-state index contributed by atoms with van der Waals surface area (Å²) in [4.78, 5) is 10.9. The Balaban J connectivity index is 0.00000182. The Hall–Kier alpha value is -2.29. The second-order valence-corrected chi connectivity index (χ2v) is 5.94. The average molecular weight is 361 g/mol. The summed E-state index contributed by atoms with van der Waals surface area (Å²) in [6.45, 7) is 1.58. The molecule has 6 nitrogen and oxygen atoms in total. The molecule has 0 aromatic heterocycles. The van der Waals surface area contributed by atoms with Crippen molar-refractivity contribution in [2.45, 2.75) is 19.0 Å². The molecule has 1 aromatic carbocycles. The smallest absolute Gasteiger partial charge is 0.428 e. The van der Waals surface area contributed by atoms with Gasteiger partial charge in [0.25, 0.3) is 0 Å². The minimum absolute atomic E-state index is 0. The van der Waals surface area contributed by atoms with Crippen LogP contribution in [0.25, 0.3) is 0 Å². The highest BCUT2D eigenvalue weighted by Gasteiger charge is 2.34. The molecule has 2 aliphatic rings. The first kappa shape index (κ1) is 17.5. The van der Waals surface area contributed by atoms with E-state index >= 15 is 0 Å². The molecule has 0 radical (unpaired) electrons. The van der Waals surface area contributed by atoms with Gasteiger partial charge in [-0.2, -0.15) is 18.3 Å². The second kappa shape index (κ2) is 7.30. The summed E-state index contributed by atoms with van der Waals surface area (Å²) < 4.78 is 50.3. The zero-order valence-electron chi connectivity index (χ0n) is 13.4. The number of cyclic esters (lactones) is 1. The van der Waals surface area contributed by atoms with Crippen LogP contribution in [0.5, 0.6) is 0 Å². The number of rotatable bonds is 4. The van der Waals surface area contributed by atoms with Crippen molar-refractivity contribution in [2.24, 2.45) is 11.0 Å². The molecule has 0 saturated carbocycles. The molecule has 0 unspecified atom stereocenters. The molecule has 1 saturated heterocycles. The normalized spacial score (nSPS) is 19.0. The third-order valence-electron chi connectivity index (χ3n) is 4.20. The molecule has 2 heterocycles. The second-order valence-electron chi connectivity index (χ2n) is 5.94. The summed E-state index contributed by atoms with van der Waals surface area (Å²) in [6, 6.07) is 3.93. The molecule has 0 spiro atoms. The fraction of sp³-hybridized carbons (Fsp3) is 0.500. The van der Waals surface area contributed by atoms with Crippen LogP contribution in [0, 0.1) is 5.92 Å². The predicted molar refractivity (Wildman–Crippen MR) is 88.7 cm³/mol. The SMILES string of the molecule is O=C1NN=C(c2ccc(NCC3CCOCC3)c(C(F)(F)F)c2)CO1.[HH].[HH]. The molecule has 2 aliphatic heterocycles. The van der Waals surface area contributed by atoms with Crippen molar-refractivity contribution >= 4 is 17.5 Å². The number of amides is 1. The van der Waals surface area contributed by atoms with Crippen LogP contribution in [0.4, 0.5) is 23.7 Å². The molecule has 1 amide bonds. The van der Waals surface area contributed by atoms with Crippen molar-refractivity contribution in [2.75, 3.05) is 31.7 Å². The molecule has 3 rings (SSSR count). The van der Waals surface area contributed by atoms with E-state index in [9.17, 15) is 18.0 Å². The molecular weight excluding hydrogens is 339 g/mol. The molecule has 1 fully saturated rings. The molecule has 9 heteroatoms. The molecule has 0 bridgehead atoms. The number of hydrogen-bond acceptors (Lipinski definition) is 5. The van der Waals surface area contributed by atoms with Crippen molar-refractivity contribution in [3.8, 4) is 0 Å². The van der Waals surface area contributed by atoms with Gasteiger partial charge in [0.2, 0.25) is 0 Å². The minimum Gasteiger partial charge on any atom is -0.442 e. The molecule has 25 heavy (non-hydrogen) atoms. The number of benzene rings is 1. The maximum absolute atomic E-state index is 13.4. The van der Waals surface area contributed by atoms with Gasteiger partial charge in [-0.1, -0.05) is 6.07 Å². The number of hydrogen-bond donors (Lipinski definition) is 2. The average Bonchev–Trinajstić information content (AvgIpc) is 2.61. The molecule has 2 N–H and O–H groups in total.